The van der Waals surface area contributed by atoms with Gasteiger partial charge in [-0.2, -0.15) is 5.10 Å². The van der Waals surface area contributed by atoms with Crippen LogP contribution in [0.1, 0.15) is 36.9 Å². The van der Waals surface area contributed by atoms with Gasteiger partial charge in [-0.25, -0.2) is 18.3 Å². The summed E-state index contributed by atoms with van der Waals surface area (Å²) in [6.07, 6.45) is 8.39. The first-order chi connectivity index (χ1) is 16.5. The van der Waals surface area contributed by atoms with Crippen LogP contribution in [-0.4, -0.2) is 69.6 Å². The van der Waals surface area contributed by atoms with Crippen molar-refractivity contribution in [1.82, 2.24) is 24.4 Å². The minimum atomic E-state index is -0.448. The van der Waals surface area contributed by atoms with Gasteiger partial charge in [-0.1, -0.05) is 6.92 Å². The molecule has 0 radical (unpaired) electrons. The number of amides is 1. The third-order valence-corrected chi connectivity index (χ3v) is 6.78. The van der Waals surface area contributed by atoms with Crippen molar-refractivity contribution >= 4 is 23.4 Å². The van der Waals surface area contributed by atoms with Gasteiger partial charge in [0.1, 0.15) is 17.5 Å². The summed E-state index contributed by atoms with van der Waals surface area (Å²) in [4.78, 5) is 23.6. The monoisotopic (exact) mass is 466 g/mol. The van der Waals surface area contributed by atoms with Crippen molar-refractivity contribution < 1.29 is 13.6 Å². The zero-order chi connectivity index (χ0) is 23.7. The van der Waals surface area contributed by atoms with Gasteiger partial charge in [0.05, 0.1) is 12.2 Å². The van der Waals surface area contributed by atoms with Gasteiger partial charge in [0.2, 0.25) is 5.91 Å². The molecule has 7 nitrogen and oxygen atoms in total. The first kappa shape index (κ1) is 22.5. The van der Waals surface area contributed by atoms with E-state index in [4.69, 9.17) is 4.98 Å². The Morgan fingerprint density at radius 3 is 2.76 bits per heavy atom. The van der Waals surface area contributed by atoms with Crippen LogP contribution in [0.25, 0.3) is 11.7 Å². The van der Waals surface area contributed by atoms with E-state index in [2.05, 4.69) is 16.9 Å². The molecule has 5 rings (SSSR count). The van der Waals surface area contributed by atoms with E-state index in [1.165, 1.54) is 12.1 Å². The number of benzene rings is 1. The number of rotatable bonds is 5. The molecule has 2 fully saturated rings. The summed E-state index contributed by atoms with van der Waals surface area (Å²) in [6, 6.07) is 5.14. The zero-order valence-electron chi connectivity index (χ0n) is 19.2. The van der Waals surface area contributed by atoms with Crippen molar-refractivity contribution in [2.45, 2.75) is 25.8 Å². The predicted molar refractivity (Wildman–Crippen MR) is 126 cm³/mol. The fourth-order valence-corrected chi connectivity index (χ4v) is 4.84. The molecule has 0 N–H and O–H groups in total. The van der Waals surface area contributed by atoms with Gasteiger partial charge in [0.25, 0.3) is 0 Å². The van der Waals surface area contributed by atoms with Crippen LogP contribution in [0.15, 0.2) is 42.7 Å². The summed E-state index contributed by atoms with van der Waals surface area (Å²) in [5, 5.41) is 4.34. The van der Waals surface area contributed by atoms with Crippen LogP contribution in [0.3, 0.4) is 0 Å². The van der Waals surface area contributed by atoms with Gasteiger partial charge < -0.3 is 14.7 Å². The van der Waals surface area contributed by atoms with Gasteiger partial charge in [-0.15, -0.1) is 0 Å². The minimum absolute atomic E-state index is 0.0209. The lowest BCUT2D eigenvalue weighted by Gasteiger charge is -2.33. The van der Waals surface area contributed by atoms with Crippen molar-refractivity contribution in [3.63, 3.8) is 0 Å². The van der Waals surface area contributed by atoms with Crippen LogP contribution >= 0.6 is 0 Å². The van der Waals surface area contributed by atoms with Gasteiger partial charge in [0.15, 0.2) is 5.65 Å². The van der Waals surface area contributed by atoms with Crippen molar-refractivity contribution in [1.29, 1.82) is 0 Å². The topological polar surface area (TPSA) is 57.0 Å². The average molecular weight is 467 g/mol. The molecule has 2 aromatic heterocycles. The third kappa shape index (κ3) is 4.40. The molecule has 0 aliphatic carbocycles. The van der Waals surface area contributed by atoms with E-state index in [9.17, 15) is 13.6 Å². The van der Waals surface area contributed by atoms with Crippen molar-refractivity contribution in [2.75, 3.05) is 44.2 Å². The second kappa shape index (κ2) is 9.50. The van der Waals surface area contributed by atoms with Crippen LogP contribution in [0.2, 0.25) is 0 Å². The Bertz CT molecular complexity index is 1220. The Hall–Kier alpha value is -3.33. The molecule has 1 amide bonds. The van der Waals surface area contributed by atoms with Gasteiger partial charge in [-0.3, -0.25) is 4.79 Å². The predicted octanol–water partition coefficient (Wildman–Crippen LogP) is 3.53. The number of fused-ring (bicyclic) bond motifs is 1. The van der Waals surface area contributed by atoms with E-state index in [1.54, 1.807) is 29.1 Å². The number of nitrogens with zero attached hydrogens (tertiary/aromatic N) is 6. The summed E-state index contributed by atoms with van der Waals surface area (Å²) in [6.45, 7) is 7.05. The largest absolute Gasteiger partial charge is 0.349 e. The first-order valence-corrected chi connectivity index (χ1v) is 11.8. The van der Waals surface area contributed by atoms with Crippen LogP contribution in [-0.2, 0) is 4.79 Å². The molecule has 2 aliphatic rings. The molecule has 178 valence electrons. The maximum Gasteiger partial charge on any atom is 0.246 e. The fourth-order valence-electron chi connectivity index (χ4n) is 4.84. The number of hydrogen-bond acceptors (Lipinski definition) is 5. The SMILES string of the molecule is CCN1CCN(C(=O)/C=C/c2cnn3ccc(N4CCC[C@@H]4c4cc(F)ccc4F)nc23)CC1. The maximum absolute atomic E-state index is 14.5. The average Bonchev–Trinajstić information content (AvgIpc) is 3.51. The standard InChI is InChI=1S/C25H28F2N6O/c1-2-30-12-14-31(15-13-30)24(34)8-5-18-17-28-33-11-9-23(29-25(18)33)32-10-3-4-22(32)20-16-19(26)6-7-21(20)27/h5-9,11,16-17,22H,2-4,10,12-15H2,1H3/b8-5+/t22-/m1/s1. The number of likely N-dealkylation sites (N-methyl/N-ethyl adjacent to an activating group) is 1. The number of carbonyl (C=O) groups excluding carboxylic acids is 1. The maximum atomic E-state index is 14.5. The first-order valence-electron chi connectivity index (χ1n) is 11.8. The van der Waals surface area contributed by atoms with E-state index in [-0.39, 0.29) is 11.9 Å². The number of aromatic nitrogens is 3. The number of hydrogen-bond donors (Lipinski definition) is 0. The number of anilines is 1. The van der Waals surface area contributed by atoms with Crippen molar-refractivity contribution in [3.05, 3.63) is 65.5 Å². The quantitative estimate of drug-likeness (QED) is 0.539. The second-order valence-corrected chi connectivity index (χ2v) is 8.76. The molecule has 3 aromatic rings. The molecule has 1 atom stereocenters. The molecule has 0 bridgehead atoms. The van der Waals surface area contributed by atoms with E-state index >= 15 is 0 Å². The molecule has 9 heteroatoms. The minimum Gasteiger partial charge on any atom is -0.349 e. The van der Waals surface area contributed by atoms with Gasteiger partial charge in [0, 0.05) is 56.1 Å². The molecular formula is C25H28F2N6O. The summed E-state index contributed by atoms with van der Waals surface area (Å²) in [7, 11) is 0. The lowest BCUT2D eigenvalue weighted by atomic mass is 10.0. The highest BCUT2D eigenvalue weighted by Gasteiger charge is 2.30. The Labute approximate surface area is 197 Å². The number of piperazine rings is 1. The molecule has 0 unspecified atom stereocenters. The highest BCUT2D eigenvalue weighted by molar-refractivity contribution is 5.92. The molecule has 0 spiro atoms. The van der Waals surface area contributed by atoms with Crippen LogP contribution in [0.5, 0.6) is 0 Å². The molecule has 4 heterocycles. The van der Waals surface area contributed by atoms with E-state index < -0.39 is 11.6 Å². The van der Waals surface area contributed by atoms with Gasteiger partial charge in [-0.05, 0) is 49.7 Å². The van der Waals surface area contributed by atoms with E-state index in [1.807, 2.05) is 15.9 Å². The van der Waals surface area contributed by atoms with Crippen molar-refractivity contribution in [2.24, 2.45) is 0 Å². The van der Waals surface area contributed by atoms with Crippen LogP contribution in [0.4, 0.5) is 14.6 Å². The molecular weight excluding hydrogens is 438 g/mol. The third-order valence-electron chi connectivity index (χ3n) is 6.78. The van der Waals surface area contributed by atoms with Crippen molar-refractivity contribution in [3.8, 4) is 0 Å². The highest BCUT2D eigenvalue weighted by atomic mass is 19.1. The van der Waals surface area contributed by atoms with E-state index in [0.717, 1.165) is 57.2 Å². The molecule has 2 saturated heterocycles. The fraction of sp³-hybridized carbons (Fsp3) is 0.400. The smallest absolute Gasteiger partial charge is 0.246 e. The lowest BCUT2D eigenvalue weighted by Crippen LogP contribution is -2.48. The Balaban J connectivity index is 1.37. The Kier molecular flexibility index (Phi) is 6.28. The van der Waals surface area contributed by atoms with Crippen LogP contribution < -0.4 is 4.90 Å². The number of carbonyl (C=O) groups is 1. The lowest BCUT2D eigenvalue weighted by molar-refractivity contribution is -0.127. The summed E-state index contributed by atoms with van der Waals surface area (Å²) < 4.78 is 29.9. The summed E-state index contributed by atoms with van der Waals surface area (Å²) >= 11 is 0. The van der Waals surface area contributed by atoms with Crippen LogP contribution in [0, 0.1) is 11.6 Å². The number of halogens is 2. The summed E-state index contributed by atoms with van der Waals surface area (Å²) in [5.74, 6) is -0.204. The Morgan fingerprint density at radius 1 is 1.15 bits per heavy atom. The normalized spacial score (nSPS) is 19.6. The zero-order valence-corrected chi connectivity index (χ0v) is 19.2. The molecule has 1 aromatic carbocycles. The molecule has 34 heavy (non-hydrogen) atoms. The van der Waals surface area contributed by atoms with E-state index in [0.29, 0.717) is 23.6 Å². The second-order valence-electron chi connectivity index (χ2n) is 8.76. The Morgan fingerprint density at radius 2 is 1.97 bits per heavy atom. The molecule has 0 saturated carbocycles. The highest BCUT2D eigenvalue weighted by Crippen LogP contribution is 2.36. The molecule has 2 aliphatic heterocycles. The van der Waals surface area contributed by atoms with Gasteiger partial charge >= 0.3 is 0 Å². The summed E-state index contributed by atoms with van der Waals surface area (Å²) in [5.41, 5.74) is 1.69.